The molecule has 1 aromatic carbocycles. The zero-order valence-electron chi connectivity index (χ0n) is 12.2. The summed E-state index contributed by atoms with van der Waals surface area (Å²) >= 11 is 0. The van der Waals surface area contributed by atoms with E-state index < -0.39 is 0 Å². The van der Waals surface area contributed by atoms with Gasteiger partial charge in [-0.05, 0) is 30.4 Å². The SMILES string of the molecule is CCCC(C)(C=O)CN1CCc2ccccc2CC1. The minimum atomic E-state index is -0.175. The van der Waals surface area contributed by atoms with Gasteiger partial charge in [-0.25, -0.2) is 0 Å². The third-order valence-corrected chi connectivity index (χ3v) is 4.20. The highest BCUT2D eigenvalue weighted by molar-refractivity contribution is 5.59. The Bertz CT molecular complexity index is 402. The third-order valence-electron chi connectivity index (χ3n) is 4.20. The summed E-state index contributed by atoms with van der Waals surface area (Å²) in [6.45, 7) is 7.30. The van der Waals surface area contributed by atoms with Gasteiger partial charge in [0, 0.05) is 25.0 Å². The molecule has 104 valence electrons. The van der Waals surface area contributed by atoms with Gasteiger partial charge < -0.3 is 9.69 Å². The van der Waals surface area contributed by atoms with E-state index >= 15 is 0 Å². The average molecular weight is 259 g/mol. The number of hydrogen-bond donors (Lipinski definition) is 0. The van der Waals surface area contributed by atoms with Crippen molar-refractivity contribution in [1.82, 2.24) is 4.90 Å². The van der Waals surface area contributed by atoms with E-state index in [9.17, 15) is 4.79 Å². The normalized spacial score (nSPS) is 19.3. The van der Waals surface area contributed by atoms with Gasteiger partial charge in [-0.3, -0.25) is 0 Å². The van der Waals surface area contributed by atoms with Crippen molar-refractivity contribution >= 4 is 6.29 Å². The lowest BCUT2D eigenvalue weighted by Crippen LogP contribution is -2.38. The molecule has 0 saturated carbocycles. The van der Waals surface area contributed by atoms with Crippen LogP contribution in [0.2, 0.25) is 0 Å². The molecule has 1 atom stereocenters. The molecule has 0 radical (unpaired) electrons. The summed E-state index contributed by atoms with van der Waals surface area (Å²) in [5, 5.41) is 0. The summed E-state index contributed by atoms with van der Waals surface area (Å²) in [6, 6.07) is 8.73. The van der Waals surface area contributed by atoms with Crippen LogP contribution in [0.5, 0.6) is 0 Å². The van der Waals surface area contributed by atoms with E-state index in [0.717, 1.165) is 51.6 Å². The van der Waals surface area contributed by atoms with E-state index in [1.54, 1.807) is 0 Å². The molecule has 2 nitrogen and oxygen atoms in total. The van der Waals surface area contributed by atoms with E-state index in [1.807, 2.05) is 0 Å². The van der Waals surface area contributed by atoms with Gasteiger partial charge in [-0.15, -0.1) is 0 Å². The van der Waals surface area contributed by atoms with E-state index in [2.05, 4.69) is 43.0 Å². The lowest BCUT2D eigenvalue weighted by molar-refractivity contribution is -0.116. The standard InChI is InChI=1S/C17H25NO/c1-3-10-17(2,14-19)13-18-11-8-15-6-4-5-7-16(15)9-12-18/h4-7,14H,3,8-13H2,1-2H3. The smallest absolute Gasteiger partial charge is 0.127 e. The van der Waals surface area contributed by atoms with E-state index in [0.29, 0.717) is 0 Å². The van der Waals surface area contributed by atoms with Gasteiger partial charge in [0.25, 0.3) is 0 Å². The van der Waals surface area contributed by atoms with Gasteiger partial charge in [-0.2, -0.15) is 0 Å². The molecule has 0 fully saturated rings. The van der Waals surface area contributed by atoms with Crippen LogP contribution in [0.15, 0.2) is 24.3 Å². The first-order chi connectivity index (χ1) is 9.17. The fourth-order valence-corrected chi connectivity index (χ4v) is 3.13. The predicted octanol–water partition coefficient (Wildman–Crippen LogP) is 3.09. The van der Waals surface area contributed by atoms with Crippen molar-refractivity contribution in [3.05, 3.63) is 35.4 Å². The molecule has 1 heterocycles. The van der Waals surface area contributed by atoms with E-state index in [-0.39, 0.29) is 5.41 Å². The number of rotatable bonds is 5. The molecule has 0 saturated heterocycles. The molecule has 19 heavy (non-hydrogen) atoms. The first kappa shape index (κ1) is 14.3. The van der Waals surface area contributed by atoms with Crippen LogP contribution in [-0.4, -0.2) is 30.8 Å². The highest BCUT2D eigenvalue weighted by atomic mass is 16.1. The number of benzene rings is 1. The average Bonchev–Trinajstić information content (AvgIpc) is 2.62. The molecule has 0 N–H and O–H groups in total. The molecule has 1 aliphatic rings. The summed E-state index contributed by atoms with van der Waals surface area (Å²) in [4.78, 5) is 13.8. The minimum Gasteiger partial charge on any atom is -0.303 e. The second-order valence-electron chi connectivity index (χ2n) is 6.07. The van der Waals surface area contributed by atoms with Gasteiger partial charge in [-0.1, -0.05) is 44.5 Å². The number of carbonyl (C=O) groups is 1. The molecular formula is C17H25NO. The largest absolute Gasteiger partial charge is 0.303 e. The molecule has 0 bridgehead atoms. The van der Waals surface area contributed by atoms with Crippen molar-refractivity contribution < 1.29 is 4.79 Å². The monoisotopic (exact) mass is 259 g/mol. The Morgan fingerprint density at radius 2 is 1.79 bits per heavy atom. The molecule has 2 heteroatoms. The number of nitrogens with zero attached hydrogens (tertiary/aromatic N) is 1. The molecule has 1 aromatic rings. The Labute approximate surface area is 116 Å². The lowest BCUT2D eigenvalue weighted by atomic mass is 9.86. The van der Waals surface area contributed by atoms with Crippen molar-refractivity contribution in [3.8, 4) is 0 Å². The number of carbonyl (C=O) groups excluding carboxylic acids is 1. The topological polar surface area (TPSA) is 20.3 Å². The van der Waals surface area contributed by atoms with Crippen LogP contribution >= 0.6 is 0 Å². The molecule has 2 rings (SSSR count). The van der Waals surface area contributed by atoms with Gasteiger partial charge >= 0.3 is 0 Å². The molecule has 0 spiro atoms. The molecule has 0 aromatic heterocycles. The fraction of sp³-hybridized carbons (Fsp3) is 0.588. The quantitative estimate of drug-likeness (QED) is 0.757. The molecule has 0 amide bonds. The number of fused-ring (bicyclic) bond motifs is 1. The van der Waals surface area contributed by atoms with Crippen LogP contribution in [0.3, 0.4) is 0 Å². The van der Waals surface area contributed by atoms with E-state index in [4.69, 9.17) is 0 Å². The molecule has 0 aliphatic carbocycles. The van der Waals surface area contributed by atoms with Crippen LogP contribution in [0.4, 0.5) is 0 Å². The van der Waals surface area contributed by atoms with Crippen molar-refractivity contribution in [1.29, 1.82) is 0 Å². The van der Waals surface area contributed by atoms with Crippen molar-refractivity contribution in [3.63, 3.8) is 0 Å². The maximum absolute atomic E-state index is 11.4. The summed E-state index contributed by atoms with van der Waals surface area (Å²) in [5.74, 6) is 0. The molecular weight excluding hydrogens is 234 g/mol. The summed E-state index contributed by atoms with van der Waals surface area (Å²) in [5.41, 5.74) is 2.78. The molecule has 1 aliphatic heterocycles. The predicted molar refractivity (Wildman–Crippen MR) is 79.4 cm³/mol. The second-order valence-corrected chi connectivity index (χ2v) is 6.07. The maximum atomic E-state index is 11.4. The Morgan fingerprint density at radius 1 is 1.21 bits per heavy atom. The summed E-state index contributed by atoms with van der Waals surface area (Å²) in [7, 11) is 0. The van der Waals surface area contributed by atoms with E-state index in [1.165, 1.54) is 11.1 Å². The van der Waals surface area contributed by atoms with Gasteiger partial charge in [0.05, 0.1) is 0 Å². The van der Waals surface area contributed by atoms with Crippen LogP contribution in [0, 0.1) is 5.41 Å². The van der Waals surface area contributed by atoms with Gasteiger partial charge in [0.1, 0.15) is 6.29 Å². The Balaban J connectivity index is 2.00. The first-order valence-corrected chi connectivity index (χ1v) is 7.42. The van der Waals surface area contributed by atoms with Crippen molar-refractivity contribution in [2.45, 2.75) is 39.5 Å². The van der Waals surface area contributed by atoms with Crippen molar-refractivity contribution in [2.24, 2.45) is 5.41 Å². The summed E-state index contributed by atoms with van der Waals surface area (Å²) in [6.07, 6.45) is 5.44. The zero-order chi connectivity index (χ0) is 13.7. The summed E-state index contributed by atoms with van der Waals surface area (Å²) < 4.78 is 0. The highest BCUT2D eigenvalue weighted by Gasteiger charge is 2.26. The van der Waals surface area contributed by atoms with Crippen LogP contribution in [0.1, 0.15) is 37.8 Å². The van der Waals surface area contributed by atoms with Crippen LogP contribution in [0.25, 0.3) is 0 Å². The molecule has 1 unspecified atom stereocenters. The Kier molecular flexibility index (Phi) is 4.76. The second kappa shape index (κ2) is 6.33. The van der Waals surface area contributed by atoms with Crippen molar-refractivity contribution in [2.75, 3.05) is 19.6 Å². The maximum Gasteiger partial charge on any atom is 0.127 e. The van der Waals surface area contributed by atoms with Gasteiger partial charge in [0.15, 0.2) is 0 Å². The first-order valence-electron chi connectivity index (χ1n) is 7.42. The highest BCUT2D eigenvalue weighted by Crippen LogP contribution is 2.24. The number of aldehydes is 1. The minimum absolute atomic E-state index is 0.175. The van der Waals surface area contributed by atoms with Crippen LogP contribution in [-0.2, 0) is 17.6 Å². The van der Waals surface area contributed by atoms with Gasteiger partial charge in [0.2, 0.25) is 0 Å². The Morgan fingerprint density at radius 3 is 2.26 bits per heavy atom. The fourth-order valence-electron chi connectivity index (χ4n) is 3.13. The lowest BCUT2D eigenvalue weighted by Gasteiger charge is -2.30. The Hall–Kier alpha value is -1.15. The van der Waals surface area contributed by atoms with Crippen LogP contribution < -0.4 is 0 Å². The number of hydrogen-bond acceptors (Lipinski definition) is 2. The zero-order valence-corrected chi connectivity index (χ0v) is 12.2. The third kappa shape index (κ3) is 3.66.